The maximum absolute atomic E-state index is 10.4. The molecule has 0 spiro atoms. The van der Waals surface area contributed by atoms with E-state index in [0.29, 0.717) is 12.0 Å². The molecule has 85 valence electrons. The SMILES string of the molecule is [O]CCOCC12CC3CC(CC(C3)C1)C2. The number of hydrogen-bond acceptors (Lipinski definition) is 1. The Morgan fingerprint density at radius 2 is 1.53 bits per heavy atom. The van der Waals surface area contributed by atoms with Gasteiger partial charge in [0, 0.05) is 0 Å². The van der Waals surface area contributed by atoms with Crippen LogP contribution in [0.1, 0.15) is 38.5 Å². The summed E-state index contributed by atoms with van der Waals surface area (Å²) >= 11 is 0. The third-order valence-electron chi connectivity index (χ3n) is 4.80. The Bertz CT molecular complexity index is 201. The molecule has 4 fully saturated rings. The molecule has 0 aromatic rings. The smallest absolute Gasteiger partial charge is 0.106 e. The summed E-state index contributed by atoms with van der Waals surface area (Å²) in [5.74, 6) is 2.98. The van der Waals surface area contributed by atoms with Gasteiger partial charge in [-0.25, -0.2) is 5.11 Å². The highest BCUT2D eigenvalue weighted by Gasteiger charge is 2.50. The fraction of sp³-hybridized carbons (Fsp3) is 1.00. The molecule has 0 aromatic carbocycles. The highest BCUT2D eigenvalue weighted by Crippen LogP contribution is 2.59. The summed E-state index contributed by atoms with van der Waals surface area (Å²) in [6, 6.07) is 0. The molecule has 4 aliphatic rings. The van der Waals surface area contributed by atoms with Crippen LogP contribution >= 0.6 is 0 Å². The molecule has 4 aliphatic carbocycles. The average molecular weight is 209 g/mol. The first kappa shape index (κ1) is 10.1. The van der Waals surface area contributed by atoms with Crippen molar-refractivity contribution in [1.82, 2.24) is 0 Å². The van der Waals surface area contributed by atoms with E-state index in [4.69, 9.17) is 4.74 Å². The normalized spacial score (nSPS) is 47.4. The Hall–Kier alpha value is -0.0800. The van der Waals surface area contributed by atoms with Crippen LogP contribution in [0.3, 0.4) is 0 Å². The van der Waals surface area contributed by atoms with Crippen LogP contribution in [0.25, 0.3) is 0 Å². The lowest BCUT2D eigenvalue weighted by molar-refractivity contribution is -0.101. The van der Waals surface area contributed by atoms with Crippen molar-refractivity contribution < 1.29 is 9.84 Å². The third kappa shape index (κ3) is 1.83. The minimum Gasteiger partial charge on any atom is -0.378 e. The zero-order chi connectivity index (χ0) is 10.3. The van der Waals surface area contributed by atoms with Gasteiger partial charge in [0.15, 0.2) is 0 Å². The first-order chi connectivity index (χ1) is 7.30. The molecule has 0 atom stereocenters. The van der Waals surface area contributed by atoms with E-state index in [2.05, 4.69) is 0 Å². The van der Waals surface area contributed by atoms with Gasteiger partial charge in [0.05, 0.1) is 13.2 Å². The van der Waals surface area contributed by atoms with Gasteiger partial charge in [-0.05, 0) is 61.7 Å². The van der Waals surface area contributed by atoms with Gasteiger partial charge in [-0.2, -0.15) is 0 Å². The van der Waals surface area contributed by atoms with E-state index in [9.17, 15) is 5.11 Å². The molecule has 0 saturated heterocycles. The van der Waals surface area contributed by atoms with Crippen LogP contribution in [0.15, 0.2) is 0 Å². The van der Waals surface area contributed by atoms with Crippen molar-refractivity contribution in [2.45, 2.75) is 38.5 Å². The van der Waals surface area contributed by atoms with E-state index in [-0.39, 0.29) is 6.61 Å². The van der Waals surface area contributed by atoms with Crippen molar-refractivity contribution in [3.63, 3.8) is 0 Å². The van der Waals surface area contributed by atoms with Crippen LogP contribution in [-0.4, -0.2) is 19.8 Å². The van der Waals surface area contributed by atoms with Gasteiger partial charge in [-0.3, -0.25) is 0 Å². The monoisotopic (exact) mass is 209 g/mol. The average Bonchev–Trinajstić information content (AvgIpc) is 2.15. The van der Waals surface area contributed by atoms with Crippen LogP contribution in [-0.2, 0) is 9.84 Å². The molecular formula is C13H21O2. The fourth-order valence-electron chi connectivity index (χ4n) is 4.81. The van der Waals surface area contributed by atoms with E-state index in [1.54, 1.807) is 0 Å². The predicted molar refractivity (Wildman–Crippen MR) is 57.0 cm³/mol. The quantitative estimate of drug-likeness (QED) is 0.654. The summed E-state index contributed by atoms with van der Waals surface area (Å²) in [4.78, 5) is 0. The molecule has 2 nitrogen and oxygen atoms in total. The Kier molecular flexibility index (Phi) is 2.52. The molecule has 0 aromatic heterocycles. The molecule has 0 N–H and O–H groups in total. The zero-order valence-electron chi connectivity index (χ0n) is 9.41. The van der Waals surface area contributed by atoms with Gasteiger partial charge >= 0.3 is 0 Å². The van der Waals surface area contributed by atoms with Crippen molar-refractivity contribution in [2.24, 2.45) is 23.2 Å². The molecule has 15 heavy (non-hydrogen) atoms. The Balaban J connectivity index is 1.65. The summed E-state index contributed by atoms with van der Waals surface area (Å²) in [5, 5.41) is 10.4. The summed E-state index contributed by atoms with van der Waals surface area (Å²) in [5.41, 5.74) is 0.490. The van der Waals surface area contributed by atoms with Gasteiger partial charge in [-0.15, -0.1) is 0 Å². The second kappa shape index (κ2) is 3.74. The minimum absolute atomic E-state index is 0.0770. The second-order valence-electron chi connectivity index (χ2n) is 6.17. The third-order valence-corrected chi connectivity index (χ3v) is 4.80. The summed E-state index contributed by atoms with van der Waals surface area (Å²) in [6.07, 6.45) is 8.62. The van der Waals surface area contributed by atoms with E-state index >= 15 is 0 Å². The van der Waals surface area contributed by atoms with E-state index in [1.165, 1.54) is 38.5 Å². The lowest BCUT2D eigenvalue weighted by Gasteiger charge is -2.56. The minimum atomic E-state index is -0.0770. The van der Waals surface area contributed by atoms with Crippen molar-refractivity contribution in [2.75, 3.05) is 19.8 Å². The molecule has 1 radical (unpaired) electrons. The molecule has 0 heterocycles. The molecule has 4 bridgehead atoms. The second-order valence-corrected chi connectivity index (χ2v) is 6.17. The number of rotatable bonds is 4. The highest BCUT2D eigenvalue weighted by molar-refractivity contribution is 5.01. The topological polar surface area (TPSA) is 29.1 Å². The molecule has 0 amide bonds. The van der Waals surface area contributed by atoms with E-state index in [0.717, 1.165) is 24.4 Å². The summed E-state index contributed by atoms with van der Waals surface area (Å²) in [6.45, 7) is 1.22. The first-order valence-electron chi connectivity index (χ1n) is 6.45. The Morgan fingerprint density at radius 1 is 1.00 bits per heavy atom. The lowest BCUT2D eigenvalue weighted by atomic mass is 9.50. The van der Waals surface area contributed by atoms with Gasteiger partial charge in [0.1, 0.15) is 6.61 Å². The van der Waals surface area contributed by atoms with E-state index < -0.39 is 0 Å². The lowest BCUT2D eigenvalue weighted by Crippen LogP contribution is -2.48. The maximum Gasteiger partial charge on any atom is 0.106 e. The molecule has 0 aliphatic heterocycles. The van der Waals surface area contributed by atoms with Crippen LogP contribution in [0.5, 0.6) is 0 Å². The van der Waals surface area contributed by atoms with Crippen LogP contribution in [0, 0.1) is 23.2 Å². The van der Waals surface area contributed by atoms with Crippen molar-refractivity contribution in [3.05, 3.63) is 0 Å². The molecule has 4 saturated carbocycles. The van der Waals surface area contributed by atoms with Gasteiger partial charge in [0.25, 0.3) is 0 Å². The molecule has 2 heteroatoms. The van der Waals surface area contributed by atoms with Gasteiger partial charge in [0.2, 0.25) is 0 Å². The van der Waals surface area contributed by atoms with E-state index in [1.807, 2.05) is 0 Å². The van der Waals surface area contributed by atoms with Crippen LogP contribution in [0.2, 0.25) is 0 Å². The highest BCUT2D eigenvalue weighted by atomic mass is 16.5. The van der Waals surface area contributed by atoms with Crippen molar-refractivity contribution in [1.29, 1.82) is 0 Å². The predicted octanol–water partition coefficient (Wildman–Crippen LogP) is 2.65. The Morgan fingerprint density at radius 3 is 2.00 bits per heavy atom. The molecular weight excluding hydrogens is 188 g/mol. The summed E-state index contributed by atoms with van der Waals surface area (Å²) < 4.78 is 5.56. The van der Waals surface area contributed by atoms with Gasteiger partial charge < -0.3 is 4.74 Å². The van der Waals surface area contributed by atoms with Crippen LogP contribution in [0.4, 0.5) is 0 Å². The molecule has 0 unspecified atom stereocenters. The van der Waals surface area contributed by atoms with Gasteiger partial charge in [-0.1, -0.05) is 0 Å². The largest absolute Gasteiger partial charge is 0.378 e. The standard InChI is InChI=1S/C13H21O2/c14-1-2-15-9-13-6-10-3-11(7-13)5-12(4-10)8-13/h10-12H,1-9H2. The van der Waals surface area contributed by atoms with Crippen LogP contribution < -0.4 is 0 Å². The summed E-state index contributed by atoms with van der Waals surface area (Å²) in [7, 11) is 0. The zero-order valence-corrected chi connectivity index (χ0v) is 9.41. The Labute approximate surface area is 92.0 Å². The maximum atomic E-state index is 10.4. The van der Waals surface area contributed by atoms with Crippen molar-refractivity contribution in [3.8, 4) is 0 Å². The fourth-order valence-corrected chi connectivity index (χ4v) is 4.81. The number of ether oxygens (including phenoxy) is 1. The first-order valence-corrected chi connectivity index (χ1v) is 6.45. The van der Waals surface area contributed by atoms with Crippen molar-refractivity contribution >= 4 is 0 Å². The number of hydrogen-bond donors (Lipinski definition) is 0. The molecule has 4 rings (SSSR count).